The van der Waals surface area contributed by atoms with Gasteiger partial charge in [0, 0.05) is 5.69 Å². The quantitative estimate of drug-likeness (QED) is 0.756. The van der Waals surface area contributed by atoms with E-state index in [0.29, 0.717) is 5.69 Å². The second-order valence-electron chi connectivity index (χ2n) is 2.79. The van der Waals surface area contributed by atoms with Gasteiger partial charge in [0.05, 0.1) is 10.3 Å². The van der Waals surface area contributed by atoms with E-state index >= 15 is 0 Å². The zero-order chi connectivity index (χ0) is 10.7. The molecule has 1 unspecified atom stereocenters. The molecule has 1 rings (SSSR count). The summed E-state index contributed by atoms with van der Waals surface area (Å²) in [6.07, 6.45) is 0. The Morgan fingerprint density at radius 1 is 1.64 bits per heavy atom. The highest BCUT2D eigenvalue weighted by Gasteiger charge is 2.08. The molecular weight excluding hydrogens is 225 g/mol. The lowest BCUT2D eigenvalue weighted by Gasteiger charge is -2.07. The molecule has 0 saturated carbocycles. The van der Waals surface area contributed by atoms with Crippen LogP contribution in [-0.4, -0.2) is 11.2 Å². The highest BCUT2D eigenvalue weighted by Crippen LogP contribution is 2.18. The van der Waals surface area contributed by atoms with Gasteiger partial charge in [-0.25, -0.2) is 4.39 Å². The number of nitrogens with one attached hydrogen (secondary N) is 1. The fourth-order valence-electron chi connectivity index (χ4n) is 0.821. The van der Waals surface area contributed by atoms with Crippen molar-refractivity contribution in [2.45, 2.75) is 12.2 Å². The number of hydrogen-bond donors (Lipinski definition) is 2. The van der Waals surface area contributed by atoms with Crippen molar-refractivity contribution in [3.05, 3.63) is 29.0 Å². The normalized spacial score (nSPS) is 12.3. The molecule has 76 valence electrons. The number of halogens is 2. The van der Waals surface area contributed by atoms with Crippen LogP contribution in [0.1, 0.15) is 6.92 Å². The van der Waals surface area contributed by atoms with Crippen LogP contribution in [0.5, 0.6) is 0 Å². The molecule has 2 nitrogen and oxygen atoms in total. The Morgan fingerprint density at radius 3 is 2.79 bits per heavy atom. The zero-order valence-electron chi connectivity index (χ0n) is 7.42. The summed E-state index contributed by atoms with van der Waals surface area (Å²) in [4.78, 5) is 11.2. The second kappa shape index (κ2) is 4.66. The van der Waals surface area contributed by atoms with Gasteiger partial charge in [0.1, 0.15) is 5.82 Å². The first-order chi connectivity index (χ1) is 6.50. The fraction of sp³-hybridized carbons (Fsp3) is 0.222. The standard InChI is InChI=1S/C9H9ClFNOS/c1-5(14)9(13)12-6-2-3-7(10)8(11)4-6/h2-5,14H,1H3,(H,12,13). The molecule has 0 bridgehead atoms. The van der Waals surface area contributed by atoms with Crippen molar-refractivity contribution in [3.8, 4) is 0 Å². The van der Waals surface area contributed by atoms with Crippen LogP contribution in [0.25, 0.3) is 0 Å². The molecule has 0 radical (unpaired) electrons. The molecule has 0 spiro atoms. The molecular formula is C9H9ClFNOS. The van der Waals surface area contributed by atoms with Gasteiger partial charge in [0.15, 0.2) is 0 Å². The number of amides is 1. The minimum atomic E-state index is -0.559. The summed E-state index contributed by atoms with van der Waals surface area (Å²) in [5.41, 5.74) is 0.373. The molecule has 0 saturated heterocycles. The highest BCUT2D eigenvalue weighted by atomic mass is 35.5. The Labute approximate surface area is 91.9 Å². The first kappa shape index (κ1) is 11.3. The number of anilines is 1. The van der Waals surface area contributed by atoms with Crippen molar-refractivity contribution in [2.75, 3.05) is 5.32 Å². The lowest BCUT2D eigenvalue weighted by molar-refractivity contribution is -0.115. The lowest BCUT2D eigenvalue weighted by atomic mass is 10.3. The molecule has 0 aliphatic heterocycles. The third-order valence-electron chi connectivity index (χ3n) is 1.57. The molecule has 1 atom stereocenters. The second-order valence-corrected chi connectivity index (χ2v) is 3.98. The van der Waals surface area contributed by atoms with Crippen molar-refractivity contribution in [3.63, 3.8) is 0 Å². The number of rotatable bonds is 2. The summed E-state index contributed by atoms with van der Waals surface area (Å²) in [6.45, 7) is 1.63. The van der Waals surface area contributed by atoms with Crippen molar-refractivity contribution in [1.82, 2.24) is 0 Å². The maximum absolute atomic E-state index is 12.9. The van der Waals surface area contributed by atoms with Crippen molar-refractivity contribution in [1.29, 1.82) is 0 Å². The van der Waals surface area contributed by atoms with Gasteiger partial charge in [-0.15, -0.1) is 0 Å². The number of benzene rings is 1. The van der Waals surface area contributed by atoms with Crippen LogP contribution in [0.15, 0.2) is 18.2 Å². The van der Waals surface area contributed by atoms with Gasteiger partial charge in [0.25, 0.3) is 0 Å². The van der Waals surface area contributed by atoms with Crippen molar-refractivity contribution >= 4 is 35.8 Å². The summed E-state index contributed by atoms with van der Waals surface area (Å²) in [5, 5.41) is 2.09. The minimum Gasteiger partial charge on any atom is -0.325 e. The van der Waals surface area contributed by atoms with Crippen LogP contribution in [0.4, 0.5) is 10.1 Å². The first-order valence-corrected chi connectivity index (χ1v) is 4.84. The predicted molar refractivity (Wildman–Crippen MR) is 58.5 cm³/mol. The van der Waals surface area contributed by atoms with Gasteiger partial charge in [-0.3, -0.25) is 4.79 Å². The number of thiol groups is 1. The van der Waals surface area contributed by atoms with Crippen LogP contribution in [-0.2, 0) is 4.79 Å². The Kier molecular flexibility index (Phi) is 3.77. The number of carbonyl (C=O) groups excluding carboxylic acids is 1. The number of carbonyl (C=O) groups is 1. The van der Waals surface area contributed by atoms with Gasteiger partial charge < -0.3 is 5.32 Å². The van der Waals surface area contributed by atoms with E-state index in [-0.39, 0.29) is 10.9 Å². The molecule has 1 N–H and O–H groups in total. The summed E-state index contributed by atoms with van der Waals surface area (Å²) < 4.78 is 12.9. The maximum Gasteiger partial charge on any atom is 0.236 e. The van der Waals surface area contributed by atoms with E-state index in [2.05, 4.69) is 17.9 Å². The molecule has 14 heavy (non-hydrogen) atoms. The lowest BCUT2D eigenvalue weighted by Crippen LogP contribution is -2.20. The molecule has 5 heteroatoms. The Balaban J connectivity index is 2.78. The third kappa shape index (κ3) is 2.89. The highest BCUT2D eigenvalue weighted by molar-refractivity contribution is 7.81. The van der Waals surface area contributed by atoms with Gasteiger partial charge in [-0.05, 0) is 25.1 Å². The smallest absolute Gasteiger partial charge is 0.236 e. The van der Waals surface area contributed by atoms with E-state index in [0.717, 1.165) is 6.07 Å². The summed E-state index contributed by atoms with van der Waals surface area (Å²) >= 11 is 9.41. The van der Waals surface area contributed by atoms with Gasteiger partial charge in [0.2, 0.25) is 5.91 Å². The molecule has 0 aromatic heterocycles. The average Bonchev–Trinajstić information content (AvgIpc) is 2.11. The summed E-state index contributed by atoms with van der Waals surface area (Å²) in [7, 11) is 0. The molecule has 0 heterocycles. The molecule has 1 aromatic rings. The molecule has 0 aliphatic rings. The van der Waals surface area contributed by atoms with E-state index in [4.69, 9.17) is 11.6 Å². The van der Waals surface area contributed by atoms with Crippen LogP contribution >= 0.6 is 24.2 Å². The van der Waals surface area contributed by atoms with Crippen LogP contribution in [0.3, 0.4) is 0 Å². The molecule has 0 fully saturated rings. The number of hydrogen-bond acceptors (Lipinski definition) is 2. The largest absolute Gasteiger partial charge is 0.325 e. The SMILES string of the molecule is CC(S)C(=O)Nc1ccc(Cl)c(F)c1. The Morgan fingerprint density at radius 2 is 2.29 bits per heavy atom. The average molecular weight is 234 g/mol. The minimum absolute atomic E-state index is 0.0296. The monoisotopic (exact) mass is 233 g/mol. The van der Waals surface area contributed by atoms with Crippen molar-refractivity contribution in [2.24, 2.45) is 0 Å². The van der Waals surface area contributed by atoms with Crippen LogP contribution < -0.4 is 5.32 Å². The van der Waals surface area contributed by atoms with E-state index in [1.807, 2.05) is 0 Å². The Bertz CT molecular complexity index is 357. The Hall–Kier alpha value is -0.740. The molecule has 1 amide bonds. The van der Waals surface area contributed by atoms with Crippen LogP contribution in [0, 0.1) is 5.82 Å². The van der Waals surface area contributed by atoms with E-state index < -0.39 is 11.1 Å². The van der Waals surface area contributed by atoms with Crippen LogP contribution in [0.2, 0.25) is 5.02 Å². The third-order valence-corrected chi connectivity index (χ3v) is 2.11. The maximum atomic E-state index is 12.9. The van der Waals surface area contributed by atoms with Gasteiger partial charge in [-0.2, -0.15) is 12.6 Å². The van der Waals surface area contributed by atoms with Crippen molar-refractivity contribution < 1.29 is 9.18 Å². The molecule has 1 aromatic carbocycles. The van der Waals surface area contributed by atoms with Gasteiger partial charge >= 0.3 is 0 Å². The van der Waals surface area contributed by atoms with E-state index in [1.54, 1.807) is 6.92 Å². The van der Waals surface area contributed by atoms with E-state index in [1.165, 1.54) is 12.1 Å². The summed E-state index contributed by atoms with van der Waals surface area (Å²) in [5.74, 6) is -0.841. The molecule has 0 aliphatic carbocycles. The predicted octanol–water partition coefficient (Wildman–Crippen LogP) is 2.74. The topological polar surface area (TPSA) is 29.1 Å². The fourth-order valence-corrected chi connectivity index (χ4v) is 1.00. The van der Waals surface area contributed by atoms with Gasteiger partial charge in [-0.1, -0.05) is 11.6 Å². The zero-order valence-corrected chi connectivity index (χ0v) is 9.07. The first-order valence-electron chi connectivity index (χ1n) is 3.94. The summed E-state index contributed by atoms with van der Waals surface area (Å²) in [6, 6.07) is 4.07. The van der Waals surface area contributed by atoms with E-state index in [9.17, 15) is 9.18 Å².